The maximum Gasteiger partial charge on any atom is 0.274 e. The van der Waals surface area contributed by atoms with Gasteiger partial charge in [0.25, 0.3) is 5.91 Å². The van der Waals surface area contributed by atoms with Gasteiger partial charge in [-0.05, 0) is 52.9 Å². The molecule has 0 spiro atoms. The van der Waals surface area contributed by atoms with Crippen LogP contribution in [0.25, 0.3) is 0 Å². The van der Waals surface area contributed by atoms with Crippen LogP contribution in [0.15, 0.2) is 36.5 Å². The maximum atomic E-state index is 12.7. The number of pyridine rings is 1. The summed E-state index contributed by atoms with van der Waals surface area (Å²) in [5, 5.41) is 3.06. The highest BCUT2D eigenvalue weighted by Gasteiger charge is 2.09. The SMILES string of the molecule is O=C(Nc1ccc(I)cc1Cl)c1ccc(F)cn1. The molecule has 1 amide bonds. The van der Waals surface area contributed by atoms with Crippen LogP contribution >= 0.6 is 34.2 Å². The van der Waals surface area contributed by atoms with Crippen molar-refractivity contribution >= 4 is 45.8 Å². The predicted octanol–water partition coefficient (Wildman–Crippen LogP) is 3.73. The Morgan fingerprint density at radius 1 is 1.33 bits per heavy atom. The second-order valence-electron chi connectivity index (χ2n) is 3.44. The number of aromatic nitrogens is 1. The van der Waals surface area contributed by atoms with Crippen LogP contribution in [0.5, 0.6) is 0 Å². The van der Waals surface area contributed by atoms with E-state index in [0.717, 1.165) is 9.77 Å². The second-order valence-corrected chi connectivity index (χ2v) is 5.09. The molecule has 1 N–H and O–H groups in total. The number of nitrogens with one attached hydrogen (secondary N) is 1. The molecule has 92 valence electrons. The molecule has 0 fully saturated rings. The van der Waals surface area contributed by atoms with Crippen molar-refractivity contribution in [2.75, 3.05) is 5.32 Å². The smallest absolute Gasteiger partial charge is 0.274 e. The fourth-order valence-corrected chi connectivity index (χ4v) is 2.19. The second kappa shape index (κ2) is 5.62. The molecule has 2 aromatic rings. The number of anilines is 1. The molecule has 6 heteroatoms. The van der Waals surface area contributed by atoms with E-state index in [2.05, 4.69) is 32.9 Å². The molecule has 0 saturated heterocycles. The van der Waals surface area contributed by atoms with E-state index in [1.165, 1.54) is 12.1 Å². The highest BCUT2D eigenvalue weighted by atomic mass is 127. The van der Waals surface area contributed by atoms with Gasteiger partial charge in [-0.3, -0.25) is 4.79 Å². The summed E-state index contributed by atoms with van der Waals surface area (Å²) in [6.45, 7) is 0. The van der Waals surface area contributed by atoms with Crippen molar-refractivity contribution in [3.63, 3.8) is 0 Å². The van der Waals surface area contributed by atoms with Crippen molar-refractivity contribution in [3.05, 3.63) is 56.6 Å². The Labute approximate surface area is 122 Å². The van der Waals surface area contributed by atoms with Gasteiger partial charge in [-0.15, -0.1) is 0 Å². The number of nitrogens with zero attached hydrogens (tertiary/aromatic N) is 1. The zero-order valence-electron chi connectivity index (χ0n) is 8.95. The van der Waals surface area contributed by atoms with E-state index in [0.29, 0.717) is 10.7 Å². The minimum atomic E-state index is -0.487. The third-order valence-electron chi connectivity index (χ3n) is 2.14. The Balaban J connectivity index is 2.18. The molecular formula is C12H7ClFIN2O. The van der Waals surface area contributed by atoms with Crippen LogP contribution in [0.2, 0.25) is 5.02 Å². The maximum absolute atomic E-state index is 12.7. The molecule has 0 unspecified atom stereocenters. The fraction of sp³-hybridized carbons (Fsp3) is 0. The molecule has 0 aliphatic carbocycles. The zero-order valence-corrected chi connectivity index (χ0v) is 11.9. The van der Waals surface area contributed by atoms with Gasteiger partial charge < -0.3 is 5.32 Å². The van der Waals surface area contributed by atoms with E-state index in [4.69, 9.17) is 11.6 Å². The number of benzene rings is 1. The van der Waals surface area contributed by atoms with E-state index in [1.807, 2.05) is 6.07 Å². The van der Waals surface area contributed by atoms with Gasteiger partial charge in [0.1, 0.15) is 11.5 Å². The van der Waals surface area contributed by atoms with Gasteiger partial charge in [-0.25, -0.2) is 9.37 Å². The third-order valence-corrected chi connectivity index (χ3v) is 3.12. The number of carbonyl (C=O) groups is 1. The monoisotopic (exact) mass is 376 g/mol. The van der Waals surface area contributed by atoms with Crippen molar-refractivity contribution in [2.45, 2.75) is 0 Å². The van der Waals surface area contributed by atoms with Crippen LogP contribution in [0.1, 0.15) is 10.5 Å². The largest absolute Gasteiger partial charge is 0.319 e. The van der Waals surface area contributed by atoms with E-state index in [1.54, 1.807) is 12.1 Å². The van der Waals surface area contributed by atoms with Crippen molar-refractivity contribution in [1.82, 2.24) is 4.98 Å². The van der Waals surface area contributed by atoms with Gasteiger partial charge in [-0.2, -0.15) is 0 Å². The molecular weight excluding hydrogens is 370 g/mol. The van der Waals surface area contributed by atoms with Gasteiger partial charge in [0.05, 0.1) is 16.9 Å². The van der Waals surface area contributed by atoms with Crippen LogP contribution in [-0.2, 0) is 0 Å². The average molecular weight is 377 g/mol. The van der Waals surface area contributed by atoms with E-state index < -0.39 is 11.7 Å². The summed E-state index contributed by atoms with van der Waals surface area (Å²) in [6, 6.07) is 7.74. The lowest BCUT2D eigenvalue weighted by Gasteiger charge is -2.06. The first-order valence-corrected chi connectivity index (χ1v) is 6.40. The summed E-state index contributed by atoms with van der Waals surface area (Å²) in [4.78, 5) is 15.5. The first kappa shape index (κ1) is 13.2. The van der Waals surface area contributed by atoms with Crippen LogP contribution in [0, 0.1) is 9.39 Å². The highest BCUT2D eigenvalue weighted by molar-refractivity contribution is 14.1. The van der Waals surface area contributed by atoms with E-state index >= 15 is 0 Å². The van der Waals surface area contributed by atoms with Crippen molar-refractivity contribution < 1.29 is 9.18 Å². The Bertz CT molecular complexity index is 589. The minimum Gasteiger partial charge on any atom is -0.319 e. The Morgan fingerprint density at radius 3 is 2.72 bits per heavy atom. The predicted molar refractivity (Wildman–Crippen MR) is 76.3 cm³/mol. The molecule has 18 heavy (non-hydrogen) atoms. The normalized spacial score (nSPS) is 10.2. The summed E-state index contributed by atoms with van der Waals surface area (Å²) in [5.74, 6) is -0.919. The van der Waals surface area contributed by atoms with Gasteiger partial charge in [0, 0.05) is 3.57 Å². The van der Waals surface area contributed by atoms with Gasteiger partial charge in [-0.1, -0.05) is 11.6 Å². The quantitative estimate of drug-likeness (QED) is 0.812. The average Bonchev–Trinajstić information content (AvgIpc) is 2.33. The summed E-state index contributed by atoms with van der Waals surface area (Å²) in [6.07, 6.45) is 0.991. The standard InChI is InChI=1S/C12H7ClFIN2O/c13-9-5-8(15)2-4-10(9)17-12(18)11-3-1-7(14)6-16-11/h1-6H,(H,17,18). The molecule has 0 radical (unpaired) electrons. The molecule has 0 bridgehead atoms. The van der Waals surface area contributed by atoms with Crippen molar-refractivity contribution in [1.29, 1.82) is 0 Å². The Hall–Kier alpha value is -1.21. The summed E-state index contributed by atoms with van der Waals surface area (Å²) < 4.78 is 13.6. The molecule has 0 saturated carbocycles. The number of carbonyl (C=O) groups excluding carboxylic acids is 1. The summed E-state index contributed by atoms with van der Waals surface area (Å²) >= 11 is 8.11. The zero-order chi connectivity index (χ0) is 13.1. The Morgan fingerprint density at radius 2 is 2.11 bits per heavy atom. The molecule has 1 aromatic carbocycles. The molecule has 2 rings (SSSR count). The molecule has 0 aliphatic rings. The Kier molecular flexibility index (Phi) is 4.13. The van der Waals surface area contributed by atoms with E-state index in [-0.39, 0.29) is 5.69 Å². The number of amides is 1. The summed E-state index contributed by atoms with van der Waals surface area (Å²) in [7, 11) is 0. The topological polar surface area (TPSA) is 42.0 Å². The van der Waals surface area contributed by atoms with Gasteiger partial charge >= 0.3 is 0 Å². The fourth-order valence-electron chi connectivity index (χ4n) is 1.29. The lowest BCUT2D eigenvalue weighted by Crippen LogP contribution is -2.13. The number of rotatable bonds is 2. The van der Waals surface area contributed by atoms with Crippen LogP contribution < -0.4 is 5.32 Å². The lowest BCUT2D eigenvalue weighted by atomic mass is 10.3. The first-order valence-electron chi connectivity index (χ1n) is 4.94. The minimum absolute atomic E-state index is 0.131. The lowest BCUT2D eigenvalue weighted by molar-refractivity contribution is 0.102. The molecule has 3 nitrogen and oxygen atoms in total. The molecule has 1 aromatic heterocycles. The van der Waals surface area contributed by atoms with Gasteiger partial charge in [0.15, 0.2) is 0 Å². The first-order chi connectivity index (χ1) is 8.56. The van der Waals surface area contributed by atoms with Crippen molar-refractivity contribution in [3.8, 4) is 0 Å². The highest BCUT2D eigenvalue weighted by Crippen LogP contribution is 2.24. The molecule has 1 heterocycles. The van der Waals surface area contributed by atoms with Gasteiger partial charge in [0.2, 0.25) is 0 Å². The van der Waals surface area contributed by atoms with E-state index in [9.17, 15) is 9.18 Å². The van der Waals surface area contributed by atoms with Crippen LogP contribution in [0.4, 0.5) is 10.1 Å². The molecule has 0 atom stereocenters. The van der Waals surface area contributed by atoms with Crippen molar-refractivity contribution in [2.24, 2.45) is 0 Å². The number of hydrogen-bond donors (Lipinski definition) is 1. The number of hydrogen-bond acceptors (Lipinski definition) is 2. The number of halogens is 3. The third kappa shape index (κ3) is 3.17. The summed E-state index contributed by atoms with van der Waals surface area (Å²) in [5.41, 5.74) is 0.624. The van der Waals surface area contributed by atoms with Crippen LogP contribution in [-0.4, -0.2) is 10.9 Å². The molecule has 0 aliphatic heterocycles. The van der Waals surface area contributed by atoms with Crippen LogP contribution in [0.3, 0.4) is 0 Å².